The fourth-order valence-electron chi connectivity index (χ4n) is 2.15. The third-order valence-corrected chi connectivity index (χ3v) is 3.94. The van der Waals surface area contributed by atoms with Gasteiger partial charge >= 0.3 is 5.97 Å². The van der Waals surface area contributed by atoms with E-state index in [1.54, 1.807) is 0 Å². The highest BCUT2D eigenvalue weighted by Crippen LogP contribution is 2.30. The van der Waals surface area contributed by atoms with Crippen molar-refractivity contribution in [3.8, 4) is 0 Å². The molecule has 0 aliphatic carbocycles. The molecule has 0 aromatic rings. The molecule has 0 heterocycles. The molecular formula is C16H33N3O3. The van der Waals surface area contributed by atoms with Gasteiger partial charge in [0, 0.05) is 18.5 Å². The summed E-state index contributed by atoms with van der Waals surface area (Å²) in [5, 5.41) is 2.90. The topological polar surface area (TPSA) is 84.7 Å². The first kappa shape index (κ1) is 20.9. The van der Waals surface area contributed by atoms with Crippen LogP contribution in [0.4, 0.5) is 0 Å². The first-order chi connectivity index (χ1) is 10.3. The summed E-state index contributed by atoms with van der Waals surface area (Å²) in [6, 6.07) is 0. The predicted molar refractivity (Wildman–Crippen MR) is 88.4 cm³/mol. The molecule has 0 aromatic heterocycles. The van der Waals surface area contributed by atoms with Gasteiger partial charge in [0.25, 0.3) is 0 Å². The lowest BCUT2D eigenvalue weighted by molar-refractivity contribution is -0.150. The van der Waals surface area contributed by atoms with Crippen LogP contribution >= 0.6 is 0 Å². The van der Waals surface area contributed by atoms with Crippen molar-refractivity contribution >= 4 is 11.9 Å². The Morgan fingerprint density at radius 1 is 1.36 bits per heavy atom. The normalized spacial score (nSPS) is 15.2. The Labute approximate surface area is 134 Å². The monoisotopic (exact) mass is 315 g/mol. The molecule has 0 spiro atoms. The number of carbonyl (C=O) groups is 2. The van der Waals surface area contributed by atoms with Crippen LogP contribution in [0.15, 0.2) is 0 Å². The molecule has 0 fully saturated rings. The second-order valence-corrected chi connectivity index (χ2v) is 6.39. The molecule has 0 radical (unpaired) electrons. The summed E-state index contributed by atoms with van der Waals surface area (Å²) in [5.41, 5.74) is 4.87. The fourth-order valence-corrected chi connectivity index (χ4v) is 2.15. The number of amides is 1. The van der Waals surface area contributed by atoms with Crippen molar-refractivity contribution in [1.29, 1.82) is 0 Å². The molecule has 0 rings (SSSR count). The van der Waals surface area contributed by atoms with E-state index in [1.165, 1.54) is 0 Å². The molecule has 0 aliphatic rings. The summed E-state index contributed by atoms with van der Waals surface area (Å²) in [6.45, 7) is 7.88. The standard InChI is InChI=1S/C16H33N3O3/c1-6-16(3,15(21)18-9-7-8-17)12-13(2)14(20)22-11-10-19(4)5/h13H,6-12,17H2,1-5H3,(H,18,21). The molecule has 6 nitrogen and oxygen atoms in total. The summed E-state index contributed by atoms with van der Waals surface area (Å²) >= 11 is 0. The van der Waals surface area contributed by atoms with Crippen LogP contribution in [-0.4, -0.2) is 57.1 Å². The van der Waals surface area contributed by atoms with E-state index >= 15 is 0 Å². The number of esters is 1. The number of likely N-dealkylation sites (N-methyl/N-ethyl adjacent to an activating group) is 1. The number of rotatable bonds is 11. The lowest BCUT2D eigenvalue weighted by Gasteiger charge is -2.29. The molecule has 3 N–H and O–H groups in total. The summed E-state index contributed by atoms with van der Waals surface area (Å²) in [4.78, 5) is 26.3. The Hall–Kier alpha value is -1.14. The van der Waals surface area contributed by atoms with Crippen LogP contribution in [-0.2, 0) is 14.3 Å². The van der Waals surface area contributed by atoms with Crippen LogP contribution < -0.4 is 11.1 Å². The van der Waals surface area contributed by atoms with Crippen molar-refractivity contribution in [3.63, 3.8) is 0 Å². The number of nitrogens with two attached hydrogens (primary N) is 1. The van der Waals surface area contributed by atoms with E-state index in [1.807, 2.05) is 39.8 Å². The Kier molecular flexibility index (Phi) is 10.0. The minimum Gasteiger partial charge on any atom is -0.464 e. The maximum Gasteiger partial charge on any atom is 0.308 e. The maximum atomic E-state index is 12.3. The van der Waals surface area contributed by atoms with Crippen molar-refractivity contribution in [1.82, 2.24) is 10.2 Å². The van der Waals surface area contributed by atoms with Gasteiger partial charge < -0.3 is 20.7 Å². The minimum absolute atomic E-state index is 0.0172. The van der Waals surface area contributed by atoms with Crippen LogP contribution in [0.2, 0.25) is 0 Å². The van der Waals surface area contributed by atoms with Crippen LogP contribution in [0.5, 0.6) is 0 Å². The van der Waals surface area contributed by atoms with Crippen molar-refractivity contribution < 1.29 is 14.3 Å². The maximum absolute atomic E-state index is 12.3. The second-order valence-electron chi connectivity index (χ2n) is 6.39. The number of carbonyl (C=O) groups excluding carboxylic acids is 2. The lowest BCUT2D eigenvalue weighted by Crippen LogP contribution is -2.41. The fraction of sp³-hybridized carbons (Fsp3) is 0.875. The molecule has 22 heavy (non-hydrogen) atoms. The molecule has 0 saturated heterocycles. The van der Waals surface area contributed by atoms with E-state index in [0.717, 1.165) is 6.42 Å². The Balaban J connectivity index is 4.43. The van der Waals surface area contributed by atoms with E-state index in [9.17, 15) is 9.59 Å². The zero-order chi connectivity index (χ0) is 17.2. The van der Waals surface area contributed by atoms with E-state index in [-0.39, 0.29) is 17.8 Å². The summed E-state index contributed by atoms with van der Waals surface area (Å²) in [6.07, 6.45) is 1.92. The molecule has 0 bridgehead atoms. The van der Waals surface area contributed by atoms with Gasteiger partial charge in [0.1, 0.15) is 6.61 Å². The van der Waals surface area contributed by atoms with Gasteiger partial charge in [-0.05, 0) is 39.9 Å². The smallest absolute Gasteiger partial charge is 0.308 e. The van der Waals surface area contributed by atoms with Gasteiger partial charge in [0.15, 0.2) is 0 Å². The highest BCUT2D eigenvalue weighted by atomic mass is 16.5. The molecule has 0 aliphatic heterocycles. The van der Waals surface area contributed by atoms with Crippen molar-refractivity contribution in [3.05, 3.63) is 0 Å². The Morgan fingerprint density at radius 2 is 2.00 bits per heavy atom. The number of nitrogens with zero attached hydrogens (tertiary/aromatic N) is 1. The molecule has 130 valence electrons. The van der Waals surface area contributed by atoms with Gasteiger partial charge in [-0.15, -0.1) is 0 Å². The summed E-state index contributed by atoms with van der Waals surface area (Å²) in [7, 11) is 3.86. The molecule has 2 unspecified atom stereocenters. The zero-order valence-corrected chi connectivity index (χ0v) is 14.8. The quantitative estimate of drug-likeness (QED) is 0.439. The van der Waals surface area contributed by atoms with E-state index in [2.05, 4.69) is 5.32 Å². The molecule has 0 aromatic carbocycles. The number of hydrogen-bond donors (Lipinski definition) is 2. The number of hydrogen-bond acceptors (Lipinski definition) is 5. The summed E-state index contributed by atoms with van der Waals surface area (Å²) in [5.74, 6) is -0.556. The first-order valence-electron chi connectivity index (χ1n) is 8.06. The second kappa shape index (κ2) is 10.6. The van der Waals surface area contributed by atoms with Gasteiger partial charge in [-0.2, -0.15) is 0 Å². The van der Waals surface area contributed by atoms with Crippen LogP contribution in [0.25, 0.3) is 0 Å². The zero-order valence-electron chi connectivity index (χ0n) is 14.8. The molecule has 2 atom stereocenters. The summed E-state index contributed by atoms with van der Waals surface area (Å²) < 4.78 is 5.25. The number of nitrogens with one attached hydrogen (secondary N) is 1. The van der Waals surface area contributed by atoms with E-state index in [4.69, 9.17) is 10.5 Å². The van der Waals surface area contributed by atoms with Gasteiger partial charge in [-0.3, -0.25) is 9.59 Å². The van der Waals surface area contributed by atoms with Crippen LogP contribution in [0.3, 0.4) is 0 Å². The van der Waals surface area contributed by atoms with Crippen LogP contribution in [0, 0.1) is 11.3 Å². The van der Waals surface area contributed by atoms with Crippen LogP contribution in [0.1, 0.15) is 40.0 Å². The molecular weight excluding hydrogens is 282 g/mol. The Bertz CT molecular complexity index is 348. The average molecular weight is 315 g/mol. The van der Waals surface area contributed by atoms with Gasteiger partial charge in [0.05, 0.1) is 5.92 Å². The van der Waals surface area contributed by atoms with E-state index < -0.39 is 5.41 Å². The van der Waals surface area contributed by atoms with Crippen molar-refractivity contribution in [2.75, 3.05) is 40.3 Å². The third kappa shape index (κ3) is 7.75. The van der Waals surface area contributed by atoms with Gasteiger partial charge in [0.2, 0.25) is 5.91 Å². The lowest BCUT2D eigenvalue weighted by atomic mass is 9.78. The average Bonchev–Trinajstić information content (AvgIpc) is 2.46. The predicted octanol–water partition coefficient (Wildman–Crippen LogP) is 0.999. The van der Waals surface area contributed by atoms with E-state index in [0.29, 0.717) is 39.1 Å². The third-order valence-electron chi connectivity index (χ3n) is 3.94. The Morgan fingerprint density at radius 3 is 2.50 bits per heavy atom. The first-order valence-corrected chi connectivity index (χ1v) is 8.06. The number of ether oxygens (including phenoxy) is 1. The van der Waals surface area contributed by atoms with Gasteiger partial charge in [-0.25, -0.2) is 0 Å². The minimum atomic E-state index is -0.561. The highest BCUT2D eigenvalue weighted by molar-refractivity contribution is 5.83. The molecule has 1 amide bonds. The molecule has 6 heteroatoms. The largest absolute Gasteiger partial charge is 0.464 e. The van der Waals surface area contributed by atoms with Crippen molar-refractivity contribution in [2.45, 2.75) is 40.0 Å². The highest BCUT2D eigenvalue weighted by Gasteiger charge is 2.35. The van der Waals surface area contributed by atoms with Gasteiger partial charge in [-0.1, -0.05) is 20.8 Å². The van der Waals surface area contributed by atoms with Crippen molar-refractivity contribution in [2.24, 2.45) is 17.1 Å². The molecule has 0 saturated carbocycles. The SMILES string of the molecule is CCC(C)(CC(C)C(=O)OCCN(C)C)C(=O)NCCCN.